The van der Waals surface area contributed by atoms with Crippen molar-refractivity contribution in [2.24, 2.45) is 5.73 Å². The molecule has 3 N–H and O–H groups in total. The Bertz CT molecular complexity index is 524. The van der Waals surface area contributed by atoms with E-state index < -0.39 is 29.9 Å². The molecular formula is C15H21ClN2O5. The Morgan fingerprint density at radius 1 is 1.09 bits per heavy atom. The van der Waals surface area contributed by atoms with Gasteiger partial charge in [-0.3, -0.25) is 9.59 Å². The van der Waals surface area contributed by atoms with Crippen LogP contribution in [0, 0.1) is 0 Å². The smallest absolute Gasteiger partial charge is 0.328 e. The zero-order chi connectivity index (χ0) is 16.5. The van der Waals surface area contributed by atoms with Crippen molar-refractivity contribution in [3.63, 3.8) is 0 Å². The predicted octanol–water partition coefficient (Wildman–Crippen LogP) is 0.199. The van der Waals surface area contributed by atoms with Gasteiger partial charge in [0.15, 0.2) is 0 Å². The standard InChI is InChI=1S/C15H20N2O5.ClH/c1-21-14(19)11(16)9-13(18)17-12(15(20)22-2)8-10-6-4-3-5-7-10;/h3-7,11-12H,8-9,16H2,1-2H3,(H,17,18);1H/t11-,12-;/m0./s1. The van der Waals surface area contributed by atoms with Crippen LogP contribution in [0.4, 0.5) is 0 Å². The number of carbonyl (C=O) groups excluding carboxylic acids is 3. The van der Waals surface area contributed by atoms with Crippen LogP contribution < -0.4 is 11.1 Å². The van der Waals surface area contributed by atoms with Crippen molar-refractivity contribution in [1.82, 2.24) is 5.32 Å². The highest BCUT2D eigenvalue weighted by molar-refractivity contribution is 5.88. The van der Waals surface area contributed by atoms with Gasteiger partial charge in [0.05, 0.1) is 20.6 Å². The molecule has 0 unspecified atom stereocenters. The summed E-state index contributed by atoms with van der Waals surface area (Å²) in [6, 6.07) is 7.27. The lowest BCUT2D eigenvalue weighted by Gasteiger charge is -2.17. The molecule has 1 amide bonds. The zero-order valence-corrected chi connectivity index (χ0v) is 13.8. The number of amides is 1. The minimum absolute atomic E-state index is 0. The van der Waals surface area contributed by atoms with Crippen LogP contribution in [0.15, 0.2) is 30.3 Å². The lowest BCUT2D eigenvalue weighted by molar-refractivity contribution is -0.145. The van der Waals surface area contributed by atoms with Gasteiger partial charge in [-0.2, -0.15) is 0 Å². The van der Waals surface area contributed by atoms with E-state index in [0.29, 0.717) is 0 Å². The Morgan fingerprint density at radius 3 is 2.17 bits per heavy atom. The third-order valence-corrected chi connectivity index (χ3v) is 3.01. The van der Waals surface area contributed by atoms with Crippen LogP contribution in [0.1, 0.15) is 12.0 Å². The maximum Gasteiger partial charge on any atom is 0.328 e. The van der Waals surface area contributed by atoms with Gasteiger partial charge in [0.1, 0.15) is 12.1 Å². The van der Waals surface area contributed by atoms with Crippen molar-refractivity contribution in [3.8, 4) is 0 Å². The molecular weight excluding hydrogens is 324 g/mol. The van der Waals surface area contributed by atoms with E-state index in [1.165, 1.54) is 14.2 Å². The van der Waals surface area contributed by atoms with Gasteiger partial charge in [-0.1, -0.05) is 30.3 Å². The zero-order valence-electron chi connectivity index (χ0n) is 13.0. The summed E-state index contributed by atoms with van der Waals surface area (Å²) in [5, 5.41) is 2.52. The highest BCUT2D eigenvalue weighted by Crippen LogP contribution is 2.05. The number of benzene rings is 1. The number of nitrogens with one attached hydrogen (secondary N) is 1. The first kappa shape index (κ1) is 20.9. The van der Waals surface area contributed by atoms with Crippen LogP contribution in [0.5, 0.6) is 0 Å². The summed E-state index contributed by atoms with van der Waals surface area (Å²) >= 11 is 0. The Kier molecular flexibility index (Phi) is 9.60. The van der Waals surface area contributed by atoms with E-state index in [-0.39, 0.29) is 25.2 Å². The summed E-state index contributed by atoms with van der Waals surface area (Å²) < 4.78 is 9.13. The van der Waals surface area contributed by atoms with E-state index in [2.05, 4.69) is 14.8 Å². The summed E-state index contributed by atoms with van der Waals surface area (Å²) in [5.74, 6) is -1.78. The number of ether oxygens (including phenoxy) is 2. The Balaban J connectivity index is 0.00000484. The molecule has 2 atom stereocenters. The minimum Gasteiger partial charge on any atom is -0.468 e. The molecule has 0 saturated heterocycles. The second-order valence-electron chi connectivity index (χ2n) is 4.67. The second kappa shape index (κ2) is 10.6. The molecule has 0 aliphatic carbocycles. The van der Waals surface area contributed by atoms with Gasteiger partial charge in [0.25, 0.3) is 0 Å². The topological polar surface area (TPSA) is 108 Å². The highest BCUT2D eigenvalue weighted by atomic mass is 35.5. The number of hydrogen-bond donors (Lipinski definition) is 2. The number of rotatable bonds is 7. The van der Waals surface area contributed by atoms with Crippen LogP contribution in [-0.4, -0.2) is 44.1 Å². The van der Waals surface area contributed by atoms with Crippen LogP contribution in [0.3, 0.4) is 0 Å². The summed E-state index contributed by atoms with van der Waals surface area (Å²) in [6.07, 6.45) is 0.0155. The van der Waals surface area contributed by atoms with Gasteiger partial charge >= 0.3 is 11.9 Å². The average Bonchev–Trinajstić information content (AvgIpc) is 2.53. The SMILES string of the molecule is COC(=O)[C@H](Cc1ccccc1)NC(=O)C[C@H](N)C(=O)OC.Cl. The van der Waals surface area contributed by atoms with Gasteiger partial charge in [-0.25, -0.2) is 4.79 Å². The fourth-order valence-corrected chi connectivity index (χ4v) is 1.87. The molecule has 0 aliphatic rings. The molecule has 0 bridgehead atoms. The maximum absolute atomic E-state index is 11.9. The number of nitrogens with two attached hydrogens (primary N) is 1. The highest BCUT2D eigenvalue weighted by Gasteiger charge is 2.24. The first-order valence-corrected chi connectivity index (χ1v) is 6.72. The van der Waals surface area contributed by atoms with E-state index in [0.717, 1.165) is 5.56 Å². The molecule has 7 nitrogen and oxygen atoms in total. The van der Waals surface area contributed by atoms with Crippen molar-refractivity contribution in [1.29, 1.82) is 0 Å². The van der Waals surface area contributed by atoms with E-state index in [1.54, 1.807) is 0 Å². The quantitative estimate of drug-likeness (QED) is 0.684. The number of hydrogen-bond acceptors (Lipinski definition) is 6. The normalized spacial score (nSPS) is 12.3. The van der Waals surface area contributed by atoms with E-state index in [9.17, 15) is 14.4 Å². The Morgan fingerprint density at radius 2 is 1.65 bits per heavy atom. The summed E-state index contributed by atoms with van der Waals surface area (Å²) in [6.45, 7) is 0. The fraction of sp³-hybridized carbons (Fsp3) is 0.400. The Labute approximate surface area is 140 Å². The molecule has 0 radical (unpaired) electrons. The van der Waals surface area contributed by atoms with Crippen LogP contribution in [-0.2, 0) is 30.3 Å². The molecule has 1 rings (SSSR count). The number of halogens is 1. The molecule has 0 heterocycles. The van der Waals surface area contributed by atoms with E-state index >= 15 is 0 Å². The summed E-state index contributed by atoms with van der Waals surface area (Å²) in [4.78, 5) is 34.9. The summed E-state index contributed by atoms with van der Waals surface area (Å²) in [7, 11) is 2.43. The Hall–Kier alpha value is -2.12. The van der Waals surface area contributed by atoms with Crippen LogP contribution in [0.2, 0.25) is 0 Å². The van der Waals surface area contributed by atoms with Crippen LogP contribution in [0.25, 0.3) is 0 Å². The molecule has 0 aromatic heterocycles. The third kappa shape index (κ3) is 7.12. The van der Waals surface area contributed by atoms with Crippen LogP contribution >= 0.6 is 12.4 Å². The largest absolute Gasteiger partial charge is 0.468 e. The lowest BCUT2D eigenvalue weighted by atomic mass is 10.1. The van der Waals surface area contributed by atoms with Gasteiger partial charge in [0.2, 0.25) is 5.91 Å². The van der Waals surface area contributed by atoms with Gasteiger partial charge in [0, 0.05) is 6.42 Å². The number of esters is 2. The lowest BCUT2D eigenvalue weighted by Crippen LogP contribution is -2.46. The van der Waals surface area contributed by atoms with Crippen molar-refractivity contribution in [2.45, 2.75) is 24.9 Å². The molecule has 23 heavy (non-hydrogen) atoms. The molecule has 0 fully saturated rings. The monoisotopic (exact) mass is 344 g/mol. The molecule has 0 spiro atoms. The number of methoxy groups -OCH3 is 2. The minimum atomic E-state index is -1.07. The maximum atomic E-state index is 11.9. The van der Waals surface area contributed by atoms with E-state index in [1.807, 2.05) is 30.3 Å². The average molecular weight is 345 g/mol. The van der Waals surface area contributed by atoms with Gasteiger partial charge in [-0.05, 0) is 5.56 Å². The molecule has 8 heteroatoms. The molecule has 1 aromatic rings. The van der Waals surface area contributed by atoms with E-state index in [4.69, 9.17) is 5.73 Å². The summed E-state index contributed by atoms with van der Waals surface area (Å²) in [5.41, 5.74) is 6.38. The van der Waals surface area contributed by atoms with Gasteiger partial charge in [-0.15, -0.1) is 12.4 Å². The van der Waals surface area contributed by atoms with Crippen molar-refractivity contribution in [3.05, 3.63) is 35.9 Å². The first-order chi connectivity index (χ1) is 10.5. The third-order valence-electron chi connectivity index (χ3n) is 3.01. The number of carbonyl (C=O) groups is 3. The van der Waals surface area contributed by atoms with Crippen molar-refractivity contribution in [2.75, 3.05) is 14.2 Å². The predicted molar refractivity (Wildman–Crippen MR) is 85.9 cm³/mol. The molecule has 0 aliphatic heterocycles. The second-order valence-corrected chi connectivity index (χ2v) is 4.67. The first-order valence-electron chi connectivity index (χ1n) is 6.72. The van der Waals surface area contributed by atoms with Gasteiger partial charge < -0.3 is 20.5 Å². The van der Waals surface area contributed by atoms with Crippen molar-refractivity contribution < 1.29 is 23.9 Å². The van der Waals surface area contributed by atoms with Crippen molar-refractivity contribution >= 4 is 30.3 Å². The fourth-order valence-electron chi connectivity index (χ4n) is 1.87. The molecule has 128 valence electrons. The molecule has 1 aromatic carbocycles. The molecule has 0 saturated carbocycles.